The Kier molecular flexibility index (Phi) is 6.54. The Hall–Kier alpha value is -4.01. The van der Waals surface area contributed by atoms with Crippen LogP contribution >= 0.6 is 0 Å². The lowest BCUT2D eigenvalue weighted by atomic mass is 9.84. The summed E-state index contributed by atoms with van der Waals surface area (Å²) in [4.78, 5) is 28.2. The van der Waals surface area contributed by atoms with Crippen molar-refractivity contribution in [3.05, 3.63) is 106 Å². The molecule has 0 saturated carbocycles. The fraction of sp³-hybridized carbons (Fsp3) is 0.241. The van der Waals surface area contributed by atoms with E-state index in [-0.39, 0.29) is 23.1 Å². The Morgan fingerprint density at radius 1 is 1.00 bits per heavy atom. The quantitative estimate of drug-likeness (QED) is 0.408. The lowest BCUT2D eigenvalue weighted by molar-refractivity contribution is -0.0283. The van der Waals surface area contributed by atoms with E-state index >= 15 is 0 Å². The van der Waals surface area contributed by atoms with Gasteiger partial charge in [-0.3, -0.25) is 14.3 Å². The van der Waals surface area contributed by atoms with Gasteiger partial charge < -0.3 is 14.9 Å². The zero-order valence-electron chi connectivity index (χ0n) is 20.4. The highest BCUT2D eigenvalue weighted by Gasteiger charge is 2.35. The summed E-state index contributed by atoms with van der Waals surface area (Å²) in [6, 6.07) is 19.4. The van der Waals surface area contributed by atoms with Gasteiger partial charge in [0.25, 0.3) is 5.56 Å². The van der Waals surface area contributed by atoms with Crippen LogP contribution in [0.2, 0.25) is 0 Å². The van der Waals surface area contributed by atoms with Gasteiger partial charge in [0, 0.05) is 36.1 Å². The first-order valence-electron chi connectivity index (χ1n) is 12.1. The third kappa shape index (κ3) is 4.61. The van der Waals surface area contributed by atoms with Crippen molar-refractivity contribution in [2.45, 2.75) is 25.0 Å². The Labute approximate surface area is 213 Å². The van der Waals surface area contributed by atoms with Gasteiger partial charge in [-0.25, -0.2) is 9.18 Å². The first kappa shape index (κ1) is 24.7. The summed E-state index contributed by atoms with van der Waals surface area (Å²) in [5.41, 5.74) is 0.0989. The number of aromatic carboxylic acids is 1. The van der Waals surface area contributed by atoms with E-state index in [0.717, 1.165) is 5.56 Å². The number of pyridine rings is 1. The molecule has 37 heavy (non-hydrogen) atoms. The molecule has 0 atom stereocenters. The van der Waals surface area contributed by atoms with Crippen LogP contribution in [0.25, 0.3) is 16.5 Å². The van der Waals surface area contributed by atoms with Gasteiger partial charge in [0.1, 0.15) is 11.6 Å². The zero-order valence-corrected chi connectivity index (χ0v) is 20.4. The second-order valence-corrected chi connectivity index (χ2v) is 9.33. The van der Waals surface area contributed by atoms with Gasteiger partial charge in [-0.15, -0.1) is 0 Å². The molecule has 2 heterocycles. The number of fused-ring (bicyclic) bond motifs is 1. The standard InChI is InChI=1S/C29H27FN2O5/c1-37-22-6-4-5-19(17-22)29(36)13-15-31(16-14-29)18-25-26(28(34)35)23-7-2-3-8-24(23)27(33)32(25)21-11-9-20(30)10-12-21/h2-12,17,36H,13-16,18H2,1H3,(H,34,35). The number of hydrogen-bond donors (Lipinski definition) is 2. The number of methoxy groups -OCH3 is 1. The number of piperidine rings is 1. The molecule has 1 aliphatic heterocycles. The molecule has 4 aromatic rings. The molecule has 0 bridgehead atoms. The number of likely N-dealkylation sites (tertiary alicyclic amines) is 1. The number of carboxylic acid groups (broad SMARTS) is 1. The van der Waals surface area contributed by atoms with Crippen LogP contribution in [0.15, 0.2) is 77.6 Å². The maximum absolute atomic E-state index is 13.7. The number of aromatic nitrogens is 1. The number of halogens is 1. The third-order valence-corrected chi connectivity index (χ3v) is 7.15. The molecule has 2 N–H and O–H groups in total. The van der Waals surface area contributed by atoms with E-state index < -0.39 is 17.4 Å². The highest BCUT2D eigenvalue weighted by atomic mass is 19.1. The van der Waals surface area contributed by atoms with Crippen molar-refractivity contribution in [2.24, 2.45) is 0 Å². The first-order chi connectivity index (χ1) is 17.8. The fourth-order valence-electron chi connectivity index (χ4n) is 5.14. The molecule has 1 aromatic heterocycles. The Morgan fingerprint density at radius 2 is 1.68 bits per heavy atom. The van der Waals surface area contributed by atoms with Crippen molar-refractivity contribution in [2.75, 3.05) is 20.2 Å². The molecule has 5 rings (SSSR count). The monoisotopic (exact) mass is 502 g/mol. The maximum atomic E-state index is 13.7. The fourth-order valence-corrected chi connectivity index (χ4v) is 5.14. The molecular weight excluding hydrogens is 475 g/mol. The van der Waals surface area contributed by atoms with Crippen LogP contribution in [0, 0.1) is 5.82 Å². The predicted molar refractivity (Wildman–Crippen MR) is 138 cm³/mol. The third-order valence-electron chi connectivity index (χ3n) is 7.15. The van der Waals surface area contributed by atoms with Gasteiger partial charge in [0.2, 0.25) is 0 Å². The molecule has 1 fully saturated rings. The lowest BCUT2D eigenvalue weighted by Gasteiger charge is -2.39. The van der Waals surface area contributed by atoms with Crippen LogP contribution in [0.1, 0.15) is 34.5 Å². The number of aliphatic hydroxyl groups is 1. The molecular formula is C29H27FN2O5. The van der Waals surface area contributed by atoms with Crippen molar-refractivity contribution < 1.29 is 24.1 Å². The summed E-state index contributed by atoms with van der Waals surface area (Å²) in [5, 5.41) is 22.2. The minimum atomic E-state index is -1.15. The largest absolute Gasteiger partial charge is 0.497 e. The number of carboxylic acids is 1. The minimum absolute atomic E-state index is 0.0353. The highest BCUT2D eigenvalue weighted by Crippen LogP contribution is 2.35. The second kappa shape index (κ2) is 9.80. The molecule has 1 saturated heterocycles. The predicted octanol–water partition coefficient (Wildman–Crippen LogP) is 4.32. The number of rotatable bonds is 6. The molecule has 190 valence electrons. The normalized spacial score (nSPS) is 15.5. The molecule has 0 spiro atoms. The molecule has 0 unspecified atom stereocenters. The number of hydrogen-bond acceptors (Lipinski definition) is 5. The SMILES string of the molecule is COc1cccc(C2(O)CCN(Cc3c(C(=O)O)c4ccccc4c(=O)n3-c3ccc(F)cc3)CC2)c1. The topological polar surface area (TPSA) is 92.0 Å². The number of nitrogens with zero attached hydrogens (tertiary/aromatic N) is 2. The van der Waals surface area contributed by atoms with Crippen LogP contribution < -0.4 is 10.3 Å². The van der Waals surface area contributed by atoms with Crippen molar-refractivity contribution in [1.82, 2.24) is 9.47 Å². The maximum Gasteiger partial charge on any atom is 0.338 e. The van der Waals surface area contributed by atoms with Crippen molar-refractivity contribution in [3.8, 4) is 11.4 Å². The molecule has 0 aliphatic carbocycles. The van der Waals surface area contributed by atoms with E-state index in [9.17, 15) is 24.2 Å². The van der Waals surface area contributed by atoms with E-state index in [2.05, 4.69) is 0 Å². The van der Waals surface area contributed by atoms with Crippen LogP contribution in [-0.4, -0.2) is 45.8 Å². The van der Waals surface area contributed by atoms with Crippen LogP contribution in [0.5, 0.6) is 5.75 Å². The van der Waals surface area contributed by atoms with E-state index in [1.54, 1.807) is 31.4 Å². The smallest absolute Gasteiger partial charge is 0.338 e. The van der Waals surface area contributed by atoms with Crippen molar-refractivity contribution in [3.63, 3.8) is 0 Å². The van der Waals surface area contributed by atoms with Crippen LogP contribution in [0.4, 0.5) is 4.39 Å². The molecule has 7 nitrogen and oxygen atoms in total. The van der Waals surface area contributed by atoms with Crippen molar-refractivity contribution in [1.29, 1.82) is 0 Å². The molecule has 0 radical (unpaired) electrons. The molecule has 1 aliphatic rings. The lowest BCUT2D eigenvalue weighted by Crippen LogP contribution is -2.43. The highest BCUT2D eigenvalue weighted by molar-refractivity contribution is 6.04. The summed E-state index contributed by atoms with van der Waals surface area (Å²) in [6.45, 7) is 1.14. The molecule has 0 amide bonds. The van der Waals surface area contributed by atoms with Crippen molar-refractivity contribution >= 4 is 16.7 Å². The van der Waals surface area contributed by atoms with Gasteiger partial charge in [-0.2, -0.15) is 0 Å². The number of ether oxygens (including phenoxy) is 1. The van der Waals surface area contributed by atoms with Gasteiger partial charge in [0.05, 0.1) is 24.0 Å². The summed E-state index contributed by atoms with van der Waals surface area (Å²) in [5.74, 6) is -0.934. The Morgan fingerprint density at radius 3 is 2.32 bits per heavy atom. The summed E-state index contributed by atoms with van der Waals surface area (Å²) < 4.78 is 20.3. The van der Waals surface area contributed by atoms with E-state index in [1.807, 2.05) is 29.2 Å². The summed E-state index contributed by atoms with van der Waals surface area (Å²) in [7, 11) is 1.58. The number of carbonyl (C=O) groups is 1. The Bertz CT molecular complexity index is 1520. The average molecular weight is 503 g/mol. The average Bonchev–Trinajstić information content (AvgIpc) is 2.91. The first-order valence-corrected chi connectivity index (χ1v) is 12.1. The van der Waals surface area contributed by atoms with Crippen LogP contribution in [0.3, 0.4) is 0 Å². The molecule has 3 aromatic carbocycles. The van der Waals surface area contributed by atoms with E-state index in [1.165, 1.54) is 28.8 Å². The van der Waals surface area contributed by atoms with E-state index in [0.29, 0.717) is 48.4 Å². The number of benzene rings is 3. The van der Waals surface area contributed by atoms with Gasteiger partial charge in [-0.05, 0) is 60.9 Å². The second-order valence-electron chi connectivity index (χ2n) is 9.33. The van der Waals surface area contributed by atoms with Crippen LogP contribution in [-0.2, 0) is 12.1 Å². The Balaban J connectivity index is 1.55. The molecule has 8 heteroatoms. The zero-order chi connectivity index (χ0) is 26.2. The summed E-state index contributed by atoms with van der Waals surface area (Å²) in [6.07, 6.45) is 0.855. The van der Waals surface area contributed by atoms with Gasteiger partial charge >= 0.3 is 5.97 Å². The van der Waals surface area contributed by atoms with Gasteiger partial charge in [-0.1, -0.05) is 30.3 Å². The van der Waals surface area contributed by atoms with Gasteiger partial charge in [0.15, 0.2) is 0 Å². The minimum Gasteiger partial charge on any atom is -0.497 e. The van der Waals surface area contributed by atoms with E-state index in [4.69, 9.17) is 4.74 Å². The summed E-state index contributed by atoms with van der Waals surface area (Å²) >= 11 is 0.